The van der Waals surface area contributed by atoms with Crippen molar-refractivity contribution in [3.8, 4) is 0 Å². The minimum Gasteiger partial charge on any atom is -1.00 e. The monoisotopic (exact) mass is 371 g/mol. The van der Waals surface area contributed by atoms with Crippen LogP contribution < -0.4 is 16.9 Å². The van der Waals surface area contributed by atoms with Crippen molar-refractivity contribution in [1.29, 1.82) is 0 Å². The predicted molar refractivity (Wildman–Crippen MR) is 105 cm³/mol. The van der Waals surface area contributed by atoms with Crippen molar-refractivity contribution >= 4 is 23.3 Å². The highest BCUT2D eigenvalue weighted by Crippen LogP contribution is 2.30. The first-order valence-corrected chi connectivity index (χ1v) is 8.80. The number of benzene rings is 2. The molecule has 0 radical (unpaired) electrons. The Balaban J connectivity index is 0.00000338. The number of rotatable bonds is 8. The maximum absolute atomic E-state index is 13.0. The molecule has 0 bridgehead atoms. The van der Waals surface area contributed by atoms with Gasteiger partial charge >= 0.3 is 0 Å². The zero-order chi connectivity index (χ0) is 18.4. The molecule has 0 aliphatic carbocycles. The number of hydrogen-bond acceptors (Lipinski definition) is 2. The second kappa shape index (κ2) is 9.46. The van der Waals surface area contributed by atoms with Crippen molar-refractivity contribution in [2.24, 2.45) is 0 Å². The maximum atomic E-state index is 13.0. The molecule has 26 heavy (non-hydrogen) atoms. The van der Waals surface area contributed by atoms with Crippen molar-refractivity contribution in [1.82, 2.24) is 4.48 Å². The highest BCUT2D eigenvalue weighted by molar-refractivity contribution is 6.50. The Morgan fingerprint density at radius 2 is 1.50 bits per heavy atom. The summed E-state index contributed by atoms with van der Waals surface area (Å²) in [6, 6.07) is 14.3. The molecule has 0 fully saturated rings. The van der Waals surface area contributed by atoms with Crippen LogP contribution in [0.15, 0.2) is 55.1 Å². The lowest BCUT2D eigenvalue weighted by atomic mass is 9.97. The Labute approximate surface area is 162 Å². The summed E-state index contributed by atoms with van der Waals surface area (Å²) in [6.07, 6.45) is 1.77. The van der Waals surface area contributed by atoms with Crippen LogP contribution in [0.4, 0.5) is 5.69 Å². The van der Waals surface area contributed by atoms with E-state index in [1.165, 1.54) is 0 Å². The average Bonchev–Trinajstić information content (AvgIpc) is 2.69. The summed E-state index contributed by atoms with van der Waals surface area (Å²) < 4.78 is 0.658. The van der Waals surface area contributed by atoms with Gasteiger partial charge in [-0.3, -0.25) is 14.1 Å². The zero-order valence-electron chi connectivity index (χ0n) is 15.7. The lowest BCUT2D eigenvalue weighted by Crippen LogP contribution is -3.00. The SMILES string of the molecule is C=Cc1ccc(C(=O)C(=O)c2ccccc2)c([N+](CC)(CC)CC)c1.[Cl-]. The fourth-order valence-corrected chi connectivity index (χ4v) is 3.28. The minimum atomic E-state index is -0.463. The summed E-state index contributed by atoms with van der Waals surface area (Å²) in [6.45, 7) is 12.7. The van der Waals surface area contributed by atoms with Crippen molar-refractivity contribution < 1.29 is 22.0 Å². The molecule has 138 valence electrons. The van der Waals surface area contributed by atoms with Gasteiger partial charge in [0.25, 0.3) is 0 Å². The van der Waals surface area contributed by atoms with Gasteiger partial charge in [0.05, 0.1) is 25.2 Å². The van der Waals surface area contributed by atoms with Crippen LogP contribution in [0.1, 0.15) is 47.1 Å². The summed E-state index contributed by atoms with van der Waals surface area (Å²) in [4.78, 5) is 25.6. The molecule has 0 amide bonds. The summed E-state index contributed by atoms with van der Waals surface area (Å²) in [7, 11) is 0. The van der Waals surface area contributed by atoms with E-state index in [4.69, 9.17) is 0 Å². The van der Waals surface area contributed by atoms with Crippen LogP contribution in [-0.4, -0.2) is 31.2 Å². The first kappa shape index (κ1) is 21.8. The molecule has 0 aliphatic rings. The second-order valence-corrected chi connectivity index (χ2v) is 6.10. The number of carbonyl (C=O) groups excluding carboxylic acids is 2. The third kappa shape index (κ3) is 4.12. The van der Waals surface area contributed by atoms with Crippen molar-refractivity contribution in [2.45, 2.75) is 20.8 Å². The molecule has 0 saturated carbocycles. The summed E-state index contributed by atoms with van der Waals surface area (Å²) >= 11 is 0. The van der Waals surface area contributed by atoms with Gasteiger partial charge in [0, 0.05) is 11.6 Å². The number of Topliss-reactive ketones (excluding diaryl/α,β-unsaturated/α-hetero) is 2. The van der Waals surface area contributed by atoms with E-state index in [0.717, 1.165) is 30.9 Å². The van der Waals surface area contributed by atoms with E-state index < -0.39 is 11.6 Å². The fourth-order valence-electron chi connectivity index (χ4n) is 3.28. The number of halogens is 1. The molecule has 0 saturated heterocycles. The average molecular weight is 372 g/mol. The molecule has 0 atom stereocenters. The van der Waals surface area contributed by atoms with Gasteiger partial charge in [0.15, 0.2) is 0 Å². The normalized spacial score (nSPS) is 10.7. The summed E-state index contributed by atoms with van der Waals surface area (Å²) in [5.74, 6) is -0.913. The smallest absolute Gasteiger partial charge is 0.239 e. The molecule has 0 unspecified atom stereocenters. The van der Waals surface area contributed by atoms with Gasteiger partial charge < -0.3 is 12.4 Å². The Bertz CT molecular complexity index is 772. The van der Waals surface area contributed by atoms with E-state index in [-0.39, 0.29) is 12.4 Å². The van der Waals surface area contributed by atoms with Crippen LogP contribution >= 0.6 is 0 Å². The summed E-state index contributed by atoms with van der Waals surface area (Å²) in [5, 5.41) is 0. The standard InChI is InChI=1S/C22H26NO2.ClH/c1-5-17-14-15-19(20(16-17)23(6-2,7-3)8-4)22(25)21(24)18-12-10-9-11-13-18;/h5,9-16H,1,6-8H2,2-4H3;1H/q+1;/p-1. The molecular formula is C22H26ClNO2. The lowest BCUT2D eigenvalue weighted by Gasteiger charge is -2.36. The van der Waals surface area contributed by atoms with Crippen LogP contribution in [-0.2, 0) is 0 Å². The Morgan fingerprint density at radius 1 is 0.923 bits per heavy atom. The van der Waals surface area contributed by atoms with E-state index in [1.807, 2.05) is 18.2 Å². The van der Waals surface area contributed by atoms with Crippen LogP contribution in [0.3, 0.4) is 0 Å². The third-order valence-electron chi connectivity index (χ3n) is 5.07. The third-order valence-corrected chi connectivity index (χ3v) is 5.07. The van der Waals surface area contributed by atoms with Gasteiger partial charge in [-0.15, -0.1) is 0 Å². The molecule has 0 aliphatic heterocycles. The van der Waals surface area contributed by atoms with E-state index in [9.17, 15) is 9.59 Å². The molecule has 2 aromatic rings. The van der Waals surface area contributed by atoms with Crippen LogP contribution in [0.25, 0.3) is 6.08 Å². The van der Waals surface area contributed by atoms with Crippen LogP contribution in [0.2, 0.25) is 0 Å². The van der Waals surface area contributed by atoms with Crippen molar-refractivity contribution in [3.05, 3.63) is 71.8 Å². The van der Waals surface area contributed by atoms with Gasteiger partial charge in [-0.05, 0) is 32.4 Å². The predicted octanol–water partition coefficient (Wildman–Crippen LogP) is 1.77. The van der Waals surface area contributed by atoms with Gasteiger partial charge in [-0.2, -0.15) is 0 Å². The molecular weight excluding hydrogens is 346 g/mol. The number of quaternary nitrogens is 1. The van der Waals surface area contributed by atoms with E-state index in [2.05, 4.69) is 27.4 Å². The lowest BCUT2D eigenvalue weighted by molar-refractivity contribution is -0.0000166. The highest BCUT2D eigenvalue weighted by atomic mass is 35.5. The first-order valence-electron chi connectivity index (χ1n) is 8.80. The Hall–Kier alpha value is -2.23. The maximum Gasteiger partial charge on any atom is 0.239 e. The van der Waals surface area contributed by atoms with Crippen molar-refractivity contribution in [3.63, 3.8) is 0 Å². The molecule has 0 spiro atoms. The quantitative estimate of drug-likeness (QED) is 0.402. The first-order chi connectivity index (χ1) is 12.0. The minimum absolute atomic E-state index is 0. The molecule has 4 heteroatoms. The molecule has 2 rings (SSSR count). The zero-order valence-corrected chi connectivity index (χ0v) is 16.4. The van der Waals surface area contributed by atoms with E-state index in [0.29, 0.717) is 15.6 Å². The van der Waals surface area contributed by atoms with E-state index in [1.54, 1.807) is 36.4 Å². The van der Waals surface area contributed by atoms with Crippen LogP contribution in [0, 0.1) is 0 Å². The second-order valence-electron chi connectivity index (χ2n) is 6.10. The Morgan fingerprint density at radius 3 is 2.00 bits per heavy atom. The molecule has 2 aromatic carbocycles. The van der Waals surface area contributed by atoms with Crippen molar-refractivity contribution in [2.75, 3.05) is 19.6 Å². The van der Waals surface area contributed by atoms with Gasteiger partial charge in [0.1, 0.15) is 5.69 Å². The molecule has 0 heterocycles. The van der Waals surface area contributed by atoms with Crippen LogP contribution in [0.5, 0.6) is 0 Å². The van der Waals surface area contributed by atoms with Gasteiger partial charge in [0.2, 0.25) is 11.6 Å². The molecule has 3 nitrogen and oxygen atoms in total. The van der Waals surface area contributed by atoms with E-state index >= 15 is 0 Å². The number of carbonyl (C=O) groups is 2. The molecule has 0 N–H and O–H groups in total. The largest absolute Gasteiger partial charge is 1.00 e. The topological polar surface area (TPSA) is 34.1 Å². The highest BCUT2D eigenvalue weighted by Gasteiger charge is 2.32. The number of hydrogen-bond donors (Lipinski definition) is 0. The number of nitrogens with zero attached hydrogens (tertiary/aromatic N) is 1. The Kier molecular flexibility index (Phi) is 7.94. The number of ketones is 2. The summed E-state index contributed by atoms with van der Waals surface area (Å²) in [5.41, 5.74) is 2.77. The molecule has 0 aromatic heterocycles. The van der Waals surface area contributed by atoms with Gasteiger partial charge in [-0.1, -0.05) is 49.1 Å². The van der Waals surface area contributed by atoms with Gasteiger partial charge in [-0.25, -0.2) is 0 Å². The fraction of sp³-hybridized carbons (Fsp3) is 0.273.